The smallest absolute Gasteiger partial charge is 0.0483 e. The third kappa shape index (κ3) is 3.52. The van der Waals surface area contributed by atoms with Gasteiger partial charge in [0.05, 0.1) is 0 Å². The van der Waals surface area contributed by atoms with Gasteiger partial charge in [-0.15, -0.1) is 11.4 Å². The van der Waals surface area contributed by atoms with Crippen molar-refractivity contribution >= 4 is 9.42 Å². The van der Waals surface area contributed by atoms with E-state index < -0.39 is 0 Å². The number of hydrogen-bond acceptors (Lipinski definition) is 2. The van der Waals surface area contributed by atoms with Gasteiger partial charge in [0.15, 0.2) is 0 Å². The maximum absolute atomic E-state index is 4.61. The van der Waals surface area contributed by atoms with Crippen LogP contribution in [0.5, 0.6) is 0 Å². The van der Waals surface area contributed by atoms with E-state index in [9.17, 15) is 0 Å². The Kier molecular flexibility index (Phi) is 5.31. The van der Waals surface area contributed by atoms with Gasteiger partial charge in [-0.2, -0.15) is 0 Å². The molecule has 0 bridgehead atoms. The number of rotatable bonds is 2. The minimum absolute atomic E-state index is 0.881. The van der Waals surface area contributed by atoms with Gasteiger partial charge in [0, 0.05) is 23.8 Å². The summed E-state index contributed by atoms with van der Waals surface area (Å²) < 4.78 is 0. The Balaban J connectivity index is 0.000000637. The van der Waals surface area contributed by atoms with E-state index in [1.54, 1.807) is 31.2 Å². The summed E-state index contributed by atoms with van der Waals surface area (Å²) in [6.07, 6.45) is 3.54. The van der Waals surface area contributed by atoms with Gasteiger partial charge in [-0.1, -0.05) is 24.3 Å². The fourth-order valence-electron chi connectivity index (χ4n) is 1.68. The van der Waals surface area contributed by atoms with Gasteiger partial charge in [-0.3, -0.25) is 9.97 Å². The minimum atomic E-state index is 0.881. The van der Waals surface area contributed by atoms with Gasteiger partial charge in [-0.25, -0.2) is 0 Å². The van der Waals surface area contributed by atoms with E-state index in [2.05, 4.69) is 24.4 Å². The number of nitrogens with zero attached hydrogens (tertiary/aromatic N) is 3. The van der Waals surface area contributed by atoms with Crippen LogP contribution in [0.15, 0.2) is 60.9 Å². The van der Waals surface area contributed by atoms with Gasteiger partial charge in [0.2, 0.25) is 0 Å². The summed E-state index contributed by atoms with van der Waals surface area (Å²) in [6, 6.07) is 15.5. The molecule has 0 aromatic carbocycles. The normalized spacial score (nSPS) is 9.63. The van der Waals surface area contributed by atoms with Gasteiger partial charge >= 0.3 is 28.2 Å². The first-order chi connectivity index (χ1) is 9.43. The average molecular weight is 451 g/mol. The average Bonchev–Trinajstić information content (AvgIpc) is 3.01. The summed E-state index contributed by atoms with van der Waals surface area (Å²) in [5.41, 5.74) is 3.53. The van der Waals surface area contributed by atoms with E-state index in [-0.39, 0.29) is 0 Å². The minimum Gasteiger partial charge on any atom is -0.654 e. The molecule has 19 heavy (non-hydrogen) atoms. The van der Waals surface area contributed by atoms with Crippen LogP contribution >= 0.6 is 9.42 Å². The molecule has 0 N–H and O–H groups in total. The first kappa shape index (κ1) is 14.0. The van der Waals surface area contributed by atoms with E-state index in [1.807, 2.05) is 48.5 Å². The summed E-state index contributed by atoms with van der Waals surface area (Å²) in [7, 11) is 4.61. The standard InChI is InChI=1S/C14H10N3.ClH.Pt/c1-3-9-15-11(5-1)13-7-8-14(17-13)12-6-2-4-10-16-12;;/h1-10H;1H;/q-1;;+2/p-1. The molecule has 0 saturated heterocycles. The molecular formula is C14H10ClN3Pt. The molecule has 5 heteroatoms. The third-order valence-electron chi connectivity index (χ3n) is 2.49. The molecular weight excluding hydrogens is 441 g/mol. The first-order valence-corrected chi connectivity index (χ1v) is 8.33. The van der Waals surface area contributed by atoms with E-state index in [0.717, 1.165) is 22.8 Å². The largest absolute Gasteiger partial charge is 0.654 e. The van der Waals surface area contributed by atoms with Crippen LogP contribution in [0.2, 0.25) is 0 Å². The van der Waals surface area contributed by atoms with Crippen molar-refractivity contribution in [1.29, 1.82) is 0 Å². The van der Waals surface area contributed by atoms with Gasteiger partial charge in [0.25, 0.3) is 0 Å². The summed E-state index contributed by atoms with van der Waals surface area (Å²) in [5, 5.41) is 0. The molecule has 3 aromatic heterocycles. The first-order valence-electron chi connectivity index (χ1n) is 5.52. The monoisotopic (exact) mass is 450 g/mol. The second-order valence-electron chi connectivity index (χ2n) is 3.65. The summed E-state index contributed by atoms with van der Waals surface area (Å²) in [4.78, 5) is 13.1. The third-order valence-corrected chi connectivity index (χ3v) is 2.49. The Bertz CT molecular complexity index is 557. The maximum Gasteiger partial charge on any atom is 0.0483 e. The summed E-state index contributed by atoms with van der Waals surface area (Å²) in [5.74, 6) is 0. The van der Waals surface area contributed by atoms with Crippen LogP contribution in [0, 0.1) is 0 Å². The number of pyridine rings is 2. The Morgan fingerprint density at radius 2 is 1.21 bits per heavy atom. The molecule has 0 aliphatic heterocycles. The van der Waals surface area contributed by atoms with Crippen molar-refractivity contribution in [3.63, 3.8) is 0 Å². The Labute approximate surface area is 126 Å². The fourth-order valence-corrected chi connectivity index (χ4v) is 1.68. The van der Waals surface area contributed by atoms with Crippen LogP contribution in [0.25, 0.3) is 22.8 Å². The summed E-state index contributed by atoms with van der Waals surface area (Å²) >= 11 is 1.61. The van der Waals surface area contributed by atoms with E-state index >= 15 is 0 Å². The molecule has 0 amide bonds. The van der Waals surface area contributed by atoms with Crippen LogP contribution < -0.4 is 4.98 Å². The maximum atomic E-state index is 4.61. The van der Waals surface area contributed by atoms with Gasteiger partial charge in [-0.05, 0) is 24.3 Å². The number of hydrogen-bond donors (Lipinski definition) is 0. The molecule has 0 atom stereocenters. The van der Waals surface area contributed by atoms with E-state index in [1.165, 1.54) is 0 Å². The predicted octanol–water partition coefficient (Wildman–Crippen LogP) is 3.45. The molecule has 98 valence electrons. The van der Waals surface area contributed by atoms with E-state index in [4.69, 9.17) is 0 Å². The molecule has 0 aliphatic rings. The van der Waals surface area contributed by atoms with Crippen molar-refractivity contribution in [2.24, 2.45) is 0 Å². The SMILES string of the molecule is [Cl][Pt+].c1ccc(-c2ccc(-c3ccccn3)[n-]2)nc1. The molecule has 3 aromatic rings. The van der Waals surface area contributed by atoms with E-state index in [0.29, 0.717) is 0 Å². The Hall–Kier alpha value is -1.44. The summed E-state index contributed by atoms with van der Waals surface area (Å²) in [6.45, 7) is 0. The quantitative estimate of drug-likeness (QED) is 0.600. The molecule has 0 unspecified atom stereocenters. The molecule has 3 heterocycles. The van der Waals surface area contributed by atoms with Crippen molar-refractivity contribution in [3.8, 4) is 22.8 Å². The molecule has 0 aliphatic carbocycles. The van der Waals surface area contributed by atoms with Crippen LogP contribution in [0.1, 0.15) is 0 Å². The second-order valence-corrected chi connectivity index (χ2v) is 3.65. The second kappa shape index (κ2) is 7.22. The molecule has 0 saturated carbocycles. The van der Waals surface area contributed by atoms with Crippen LogP contribution in [0.3, 0.4) is 0 Å². The topological polar surface area (TPSA) is 39.9 Å². The predicted molar refractivity (Wildman–Crippen MR) is 72.1 cm³/mol. The van der Waals surface area contributed by atoms with Gasteiger partial charge < -0.3 is 4.98 Å². The Morgan fingerprint density at radius 1 is 0.737 bits per heavy atom. The van der Waals surface area contributed by atoms with Crippen molar-refractivity contribution < 1.29 is 18.8 Å². The molecule has 3 rings (SSSR count). The van der Waals surface area contributed by atoms with Crippen molar-refractivity contribution in [1.82, 2.24) is 15.0 Å². The molecule has 3 nitrogen and oxygen atoms in total. The number of aromatic nitrogens is 3. The zero-order valence-electron chi connectivity index (χ0n) is 9.81. The zero-order valence-corrected chi connectivity index (χ0v) is 12.8. The zero-order chi connectivity index (χ0) is 13.5. The molecule has 0 spiro atoms. The molecule has 0 radical (unpaired) electrons. The fraction of sp³-hybridized carbons (Fsp3) is 0. The van der Waals surface area contributed by atoms with Crippen molar-refractivity contribution in [2.45, 2.75) is 0 Å². The van der Waals surface area contributed by atoms with Crippen LogP contribution in [-0.2, 0) is 18.8 Å². The van der Waals surface area contributed by atoms with Gasteiger partial charge in [0.1, 0.15) is 0 Å². The van der Waals surface area contributed by atoms with Crippen molar-refractivity contribution in [2.75, 3.05) is 0 Å². The Morgan fingerprint density at radius 3 is 1.58 bits per heavy atom. The molecule has 0 fully saturated rings. The number of halogens is 1. The van der Waals surface area contributed by atoms with Crippen LogP contribution in [-0.4, -0.2) is 9.97 Å². The van der Waals surface area contributed by atoms with Crippen molar-refractivity contribution in [3.05, 3.63) is 60.9 Å². The van der Waals surface area contributed by atoms with Crippen LogP contribution in [0.4, 0.5) is 0 Å².